The van der Waals surface area contributed by atoms with Gasteiger partial charge in [0.05, 0.1) is 6.10 Å². The number of amides is 1. The highest BCUT2D eigenvalue weighted by Crippen LogP contribution is 2.24. The Kier molecular flexibility index (Phi) is 10.3. The highest BCUT2D eigenvalue weighted by molar-refractivity contribution is 6.04. The van der Waals surface area contributed by atoms with E-state index in [0.717, 1.165) is 29.3 Å². The Morgan fingerprint density at radius 3 is 2.65 bits per heavy atom. The number of aliphatic hydroxyl groups excluding tert-OH is 1. The van der Waals surface area contributed by atoms with Crippen molar-refractivity contribution in [3.63, 3.8) is 0 Å². The van der Waals surface area contributed by atoms with E-state index < -0.39 is 6.10 Å². The molecule has 31 heavy (non-hydrogen) atoms. The van der Waals surface area contributed by atoms with Crippen LogP contribution in [-0.4, -0.2) is 53.8 Å². The molecule has 6 nitrogen and oxygen atoms in total. The number of fused-ring (bicyclic) bond motifs is 1. The predicted molar refractivity (Wildman–Crippen MR) is 126 cm³/mol. The third kappa shape index (κ3) is 7.86. The lowest BCUT2D eigenvalue weighted by Crippen LogP contribution is -2.29. The molecule has 0 spiro atoms. The molecule has 2 aromatic rings. The van der Waals surface area contributed by atoms with Gasteiger partial charge in [-0.25, -0.2) is 0 Å². The van der Waals surface area contributed by atoms with Crippen LogP contribution >= 0.6 is 0 Å². The molecule has 0 bridgehead atoms. The maximum Gasteiger partial charge on any atom is 0.261 e. The second-order valence-corrected chi connectivity index (χ2v) is 8.36. The molecule has 0 saturated heterocycles. The van der Waals surface area contributed by atoms with Gasteiger partial charge in [-0.3, -0.25) is 4.79 Å². The van der Waals surface area contributed by atoms with Crippen LogP contribution in [0.5, 0.6) is 0 Å². The van der Waals surface area contributed by atoms with Crippen LogP contribution in [0, 0.1) is 11.3 Å². The summed E-state index contributed by atoms with van der Waals surface area (Å²) in [7, 11) is 3.85. The van der Waals surface area contributed by atoms with Crippen LogP contribution in [0.3, 0.4) is 0 Å². The number of para-hydroxylation sites is 1. The normalized spacial score (nSPS) is 12.8. The van der Waals surface area contributed by atoms with Gasteiger partial charge in [-0.1, -0.05) is 57.2 Å². The van der Waals surface area contributed by atoms with Crippen LogP contribution in [0.15, 0.2) is 36.0 Å². The fraction of sp³-hybridized carbons (Fsp3) is 0.520. The van der Waals surface area contributed by atoms with Crippen molar-refractivity contribution in [1.82, 2.24) is 14.8 Å². The number of benzene rings is 1. The molecule has 0 fully saturated rings. The van der Waals surface area contributed by atoms with E-state index in [0.29, 0.717) is 19.6 Å². The van der Waals surface area contributed by atoms with Crippen molar-refractivity contribution in [2.75, 3.05) is 27.2 Å². The third-order valence-electron chi connectivity index (χ3n) is 5.28. The van der Waals surface area contributed by atoms with E-state index >= 15 is 0 Å². The average molecular weight is 425 g/mol. The lowest BCUT2D eigenvalue weighted by Gasteiger charge is -2.17. The minimum Gasteiger partial charge on any atom is -0.390 e. The maximum absolute atomic E-state index is 12.5. The Labute approximate surface area is 186 Å². The summed E-state index contributed by atoms with van der Waals surface area (Å²) < 4.78 is 1.98. The maximum atomic E-state index is 12.5. The summed E-state index contributed by atoms with van der Waals surface area (Å²) in [6.07, 6.45) is 9.96. The van der Waals surface area contributed by atoms with Crippen LogP contribution in [0.2, 0.25) is 0 Å². The Morgan fingerprint density at radius 1 is 1.23 bits per heavy atom. The van der Waals surface area contributed by atoms with E-state index in [2.05, 4.69) is 12.2 Å². The summed E-state index contributed by atoms with van der Waals surface area (Å²) in [5.41, 5.74) is 1.87. The average Bonchev–Trinajstić information content (AvgIpc) is 3.07. The SMILES string of the molecule is CCCCCCCCNC(=O)/C(C#N)=C/c1cn(CC(O)CN(C)C)c2ccccc12. The van der Waals surface area contributed by atoms with Crippen LogP contribution in [0.25, 0.3) is 17.0 Å². The van der Waals surface area contributed by atoms with E-state index in [-0.39, 0.29) is 11.5 Å². The summed E-state index contributed by atoms with van der Waals surface area (Å²) in [4.78, 5) is 14.4. The number of hydrogen-bond donors (Lipinski definition) is 2. The lowest BCUT2D eigenvalue weighted by molar-refractivity contribution is -0.117. The van der Waals surface area contributed by atoms with Crippen LogP contribution < -0.4 is 5.32 Å². The van der Waals surface area contributed by atoms with E-state index in [1.807, 2.05) is 60.1 Å². The summed E-state index contributed by atoms with van der Waals surface area (Å²) >= 11 is 0. The lowest BCUT2D eigenvalue weighted by atomic mass is 10.1. The summed E-state index contributed by atoms with van der Waals surface area (Å²) in [5, 5.41) is 23.7. The molecule has 1 aromatic carbocycles. The number of hydrogen-bond acceptors (Lipinski definition) is 4. The van der Waals surface area contributed by atoms with Crippen molar-refractivity contribution in [1.29, 1.82) is 5.26 Å². The molecule has 0 aliphatic heterocycles. The van der Waals surface area contributed by atoms with Gasteiger partial charge in [0.2, 0.25) is 0 Å². The minimum absolute atomic E-state index is 0.0997. The number of nitrogens with zero attached hydrogens (tertiary/aromatic N) is 3. The van der Waals surface area contributed by atoms with Gasteiger partial charge in [-0.2, -0.15) is 5.26 Å². The zero-order valence-corrected chi connectivity index (χ0v) is 19.1. The van der Waals surface area contributed by atoms with Gasteiger partial charge in [0.15, 0.2) is 0 Å². The van der Waals surface area contributed by atoms with Crippen LogP contribution in [0.4, 0.5) is 0 Å². The molecule has 1 amide bonds. The van der Waals surface area contributed by atoms with E-state index in [1.165, 1.54) is 25.7 Å². The smallest absolute Gasteiger partial charge is 0.261 e. The van der Waals surface area contributed by atoms with Crippen molar-refractivity contribution >= 4 is 22.9 Å². The molecule has 0 radical (unpaired) electrons. The topological polar surface area (TPSA) is 81.3 Å². The molecule has 1 unspecified atom stereocenters. The molecule has 2 rings (SSSR count). The van der Waals surface area contributed by atoms with Crippen LogP contribution in [-0.2, 0) is 11.3 Å². The summed E-state index contributed by atoms with van der Waals surface area (Å²) in [6.45, 7) is 3.78. The fourth-order valence-electron chi connectivity index (χ4n) is 3.75. The molecule has 0 saturated carbocycles. The number of carbonyl (C=O) groups excluding carboxylic acids is 1. The Balaban J connectivity index is 2.08. The van der Waals surface area contributed by atoms with Crippen molar-refractivity contribution in [2.24, 2.45) is 0 Å². The number of unbranched alkanes of at least 4 members (excludes halogenated alkanes) is 5. The first-order valence-corrected chi connectivity index (χ1v) is 11.3. The van der Waals surface area contributed by atoms with E-state index in [9.17, 15) is 15.2 Å². The standard InChI is InChI=1S/C25H36N4O2/c1-4-5-6-7-8-11-14-27-25(31)20(16-26)15-21-17-29(19-22(30)18-28(2)3)24-13-10-9-12-23(21)24/h9-10,12-13,15,17,22,30H,4-8,11,14,18-19H2,1-3H3,(H,27,31)/b20-15+. The van der Waals surface area contributed by atoms with Gasteiger partial charge >= 0.3 is 0 Å². The van der Waals surface area contributed by atoms with E-state index in [4.69, 9.17) is 0 Å². The van der Waals surface area contributed by atoms with Crippen LogP contribution in [0.1, 0.15) is 51.0 Å². The number of likely N-dealkylation sites (N-methyl/N-ethyl adjacent to an activating group) is 1. The number of aliphatic hydroxyl groups is 1. The predicted octanol–water partition coefficient (Wildman–Crippen LogP) is 3.95. The highest BCUT2D eigenvalue weighted by Gasteiger charge is 2.14. The number of nitrogens with one attached hydrogen (secondary N) is 1. The zero-order valence-electron chi connectivity index (χ0n) is 19.1. The molecule has 1 atom stereocenters. The van der Waals surface area contributed by atoms with Crippen molar-refractivity contribution < 1.29 is 9.90 Å². The van der Waals surface area contributed by atoms with Gasteiger partial charge in [-0.05, 0) is 32.7 Å². The van der Waals surface area contributed by atoms with Crippen molar-refractivity contribution in [3.8, 4) is 6.07 Å². The molecule has 6 heteroatoms. The number of aromatic nitrogens is 1. The number of nitriles is 1. The van der Waals surface area contributed by atoms with Gasteiger partial charge in [0.1, 0.15) is 11.6 Å². The molecule has 0 aliphatic carbocycles. The first-order valence-electron chi connectivity index (χ1n) is 11.3. The van der Waals surface area contributed by atoms with Gasteiger partial charge in [0.25, 0.3) is 5.91 Å². The number of carbonyl (C=O) groups is 1. The highest BCUT2D eigenvalue weighted by atomic mass is 16.3. The molecule has 0 aliphatic rings. The monoisotopic (exact) mass is 424 g/mol. The summed E-state index contributed by atoms with van der Waals surface area (Å²) in [6, 6.07) is 9.88. The van der Waals surface area contributed by atoms with Gasteiger partial charge < -0.3 is 19.9 Å². The Bertz CT molecular complexity index is 908. The van der Waals surface area contributed by atoms with E-state index in [1.54, 1.807) is 6.08 Å². The first kappa shape index (κ1) is 24.6. The second-order valence-electron chi connectivity index (χ2n) is 8.36. The fourth-order valence-corrected chi connectivity index (χ4v) is 3.75. The molecular formula is C25H36N4O2. The Hall–Kier alpha value is -2.62. The first-order chi connectivity index (χ1) is 15.0. The summed E-state index contributed by atoms with van der Waals surface area (Å²) in [5.74, 6) is -0.333. The molecule has 1 heterocycles. The van der Waals surface area contributed by atoms with Gasteiger partial charge in [0, 0.05) is 42.3 Å². The third-order valence-corrected chi connectivity index (χ3v) is 5.28. The largest absolute Gasteiger partial charge is 0.390 e. The molecule has 168 valence electrons. The molecule has 2 N–H and O–H groups in total. The second kappa shape index (κ2) is 12.9. The number of rotatable bonds is 13. The molecular weight excluding hydrogens is 388 g/mol. The van der Waals surface area contributed by atoms with Crippen molar-refractivity contribution in [2.45, 2.75) is 58.1 Å². The van der Waals surface area contributed by atoms with Gasteiger partial charge in [-0.15, -0.1) is 0 Å². The minimum atomic E-state index is -0.515. The van der Waals surface area contributed by atoms with Crippen molar-refractivity contribution in [3.05, 3.63) is 41.6 Å². The Morgan fingerprint density at radius 2 is 1.94 bits per heavy atom. The molecule has 1 aromatic heterocycles. The zero-order chi connectivity index (χ0) is 22.6. The quantitative estimate of drug-likeness (QED) is 0.290.